The van der Waals surface area contributed by atoms with E-state index in [-0.39, 0.29) is 10.6 Å². The summed E-state index contributed by atoms with van der Waals surface area (Å²) in [4.78, 5) is 16.3. The largest absolute Gasteiger partial charge is 0.373 e. The fraction of sp³-hybridized carbons (Fsp3) is 0.167. The predicted octanol–water partition coefficient (Wildman–Crippen LogP) is 2.84. The summed E-state index contributed by atoms with van der Waals surface area (Å²) in [6.45, 7) is 0.447. The summed E-state index contributed by atoms with van der Waals surface area (Å²) in [7, 11) is -1.32. The molecule has 1 aromatic carbocycles. The molecular weight excluding hydrogens is 496 g/mol. The predicted molar refractivity (Wildman–Crippen MR) is 137 cm³/mol. The van der Waals surface area contributed by atoms with Crippen LogP contribution in [0, 0.1) is 21.4 Å². The van der Waals surface area contributed by atoms with Crippen molar-refractivity contribution in [3.05, 3.63) is 94.1 Å². The molecule has 13 heteroatoms. The first-order valence-electron chi connectivity index (χ1n) is 11.0. The number of sulfonamides is 1. The molecule has 0 spiro atoms. The third kappa shape index (κ3) is 5.39. The quantitative estimate of drug-likeness (QED) is 0.186. The molecule has 0 aliphatic carbocycles. The number of nitro groups is 1. The number of pyridine rings is 2. The first-order chi connectivity index (χ1) is 17.7. The molecule has 0 fully saturated rings. The molecule has 3 heterocycles. The number of nitrogens with zero attached hydrogens (tertiary/aromatic N) is 8. The van der Waals surface area contributed by atoms with E-state index in [1.807, 2.05) is 18.2 Å². The number of nitriles is 1. The van der Waals surface area contributed by atoms with Crippen molar-refractivity contribution in [1.82, 2.24) is 19.0 Å². The number of anilines is 1. The third-order valence-corrected chi connectivity index (χ3v) is 7.36. The normalized spacial score (nSPS) is 11.5. The Labute approximate surface area is 212 Å². The molecule has 37 heavy (non-hydrogen) atoms. The lowest BCUT2D eigenvalue weighted by Crippen LogP contribution is -2.27. The summed E-state index contributed by atoms with van der Waals surface area (Å²) >= 11 is 0. The van der Waals surface area contributed by atoms with E-state index >= 15 is 0 Å². The molecular formula is C24H22N8O4S. The van der Waals surface area contributed by atoms with Gasteiger partial charge < -0.3 is 4.90 Å². The number of hydrazone groups is 1. The molecule has 0 amide bonds. The topological polar surface area (TPSA) is 150 Å². The van der Waals surface area contributed by atoms with Crippen molar-refractivity contribution in [2.24, 2.45) is 5.10 Å². The van der Waals surface area contributed by atoms with Crippen LogP contribution in [0.1, 0.15) is 16.7 Å². The summed E-state index contributed by atoms with van der Waals surface area (Å²) in [5.74, 6) is 0. The Morgan fingerprint density at radius 2 is 2.03 bits per heavy atom. The van der Waals surface area contributed by atoms with Gasteiger partial charge in [0.15, 0.2) is 0 Å². The van der Waals surface area contributed by atoms with E-state index in [0.717, 1.165) is 16.0 Å². The molecule has 0 saturated heterocycles. The number of likely N-dealkylation sites (N-methyl/N-ethyl adjacent to an activating group) is 1. The Hall–Kier alpha value is -4.83. The number of aromatic nitrogens is 3. The van der Waals surface area contributed by atoms with Gasteiger partial charge in [-0.1, -0.05) is 6.07 Å². The van der Waals surface area contributed by atoms with Crippen LogP contribution in [0.25, 0.3) is 5.52 Å². The fourth-order valence-corrected chi connectivity index (χ4v) is 4.83. The molecule has 0 saturated carbocycles. The number of hydrogen-bond acceptors (Lipinski definition) is 9. The van der Waals surface area contributed by atoms with E-state index in [9.17, 15) is 18.5 Å². The van der Waals surface area contributed by atoms with Gasteiger partial charge in [0.2, 0.25) is 0 Å². The molecule has 12 nitrogen and oxygen atoms in total. The van der Waals surface area contributed by atoms with Crippen molar-refractivity contribution in [2.75, 3.05) is 25.5 Å². The third-order valence-electron chi connectivity index (χ3n) is 5.69. The van der Waals surface area contributed by atoms with E-state index in [2.05, 4.69) is 15.2 Å². The summed E-state index contributed by atoms with van der Waals surface area (Å²) in [5, 5.41) is 28.8. The SMILES string of the molecule is CN(CCc1cccnc1)c1ccc([N+](=O)[O-])cc1S(=O)(=O)N(C)/N=C/c1cnn2ccc(C#N)cc12. The summed E-state index contributed by atoms with van der Waals surface area (Å²) in [6.07, 6.45) is 8.40. The van der Waals surface area contributed by atoms with Crippen molar-refractivity contribution in [3.8, 4) is 6.07 Å². The molecule has 0 unspecified atom stereocenters. The van der Waals surface area contributed by atoms with Gasteiger partial charge in [-0.25, -0.2) is 4.52 Å². The number of hydrogen-bond donors (Lipinski definition) is 0. The number of rotatable bonds is 9. The Morgan fingerprint density at radius 3 is 2.73 bits per heavy atom. The minimum Gasteiger partial charge on any atom is -0.373 e. The van der Waals surface area contributed by atoms with Gasteiger partial charge in [0.25, 0.3) is 15.7 Å². The van der Waals surface area contributed by atoms with E-state index in [4.69, 9.17) is 5.26 Å². The molecule has 4 aromatic rings. The number of benzene rings is 1. The van der Waals surface area contributed by atoms with Crippen molar-refractivity contribution in [1.29, 1.82) is 5.26 Å². The van der Waals surface area contributed by atoms with Crippen LogP contribution >= 0.6 is 0 Å². The van der Waals surface area contributed by atoms with Crippen molar-refractivity contribution in [2.45, 2.75) is 11.3 Å². The smallest absolute Gasteiger partial charge is 0.281 e. The lowest BCUT2D eigenvalue weighted by Gasteiger charge is -2.24. The van der Waals surface area contributed by atoms with Gasteiger partial charge >= 0.3 is 0 Å². The van der Waals surface area contributed by atoms with Gasteiger partial charge in [0, 0.05) is 56.9 Å². The van der Waals surface area contributed by atoms with Crippen LogP contribution in [-0.2, 0) is 16.4 Å². The molecule has 0 radical (unpaired) electrons. The lowest BCUT2D eigenvalue weighted by molar-refractivity contribution is -0.385. The number of fused-ring (bicyclic) bond motifs is 1. The summed E-state index contributed by atoms with van der Waals surface area (Å²) in [6, 6.07) is 12.7. The van der Waals surface area contributed by atoms with Gasteiger partial charge in [-0.2, -0.15) is 28.3 Å². The average molecular weight is 519 g/mol. The highest BCUT2D eigenvalue weighted by Gasteiger charge is 2.27. The zero-order valence-corrected chi connectivity index (χ0v) is 20.8. The van der Waals surface area contributed by atoms with Gasteiger partial charge in [-0.05, 0) is 36.2 Å². The van der Waals surface area contributed by atoms with Crippen molar-refractivity contribution < 1.29 is 13.3 Å². The van der Waals surface area contributed by atoms with E-state index in [1.165, 1.54) is 36.1 Å². The highest BCUT2D eigenvalue weighted by atomic mass is 32.2. The molecule has 0 atom stereocenters. The fourth-order valence-electron chi connectivity index (χ4n) is 3.62. The monoisotopic (exact) mass is 518 g/mol. The molecule has 0 bridgehead atoms. The maximum atomic E-state index is 13.5. The Kier molecular flexibility index (Phi) is 7.12. The number of nitro benzene ring substituents is 1. The van der Waals surface area contributed by atoms with Crippen LogP contribution in [0.5, 0.6) is 0 Å². The summed E-state index contributed by atoms with van der Waals surface area (Å²) < 4.78 is 29.3. The second kappa shape index (κ2) is 10.4. The van der Waals surface area contributed by atoms with Crippen molar-refractivity contribution >= 4 is 33.1 Å². The van der Waals surface area contributed by atoms with Gasteiger partial charge in [-0.15, -0.1) is 0 Å². The second-order valence-corrected chi connectivity index (χ2v) is 10.0. The zero-order chi connectivity index (χ0) is 26.6. The van der Waals surface area contributed by atoms with E-state index < -0.39 is 14.9 Å². The number of non-ortho nitro benzene ring substituents is 1. The minimum absolute atomic E-state index is 0.248. The van der Waals surface area contributed by atoms with E-state index in [0.29, 0.717) is 35.3 Å². The lowest BCUT2D eigenvalue weighted by atomic mass is 10.2. The molecule has 188 valence electrons. The minimum atomic E-state index is -4.28. The first-order valence-corrected chi connectivity index (χ1v) is 12.4. The molecule has 0 aliphatic heterocycles. The maximum Gasteiger partial charge on any atom is 0.281 e. The Morgan fingerprint density at radius 1 is 1.22 bits per heavy atom. The van der Waals surface area contributed by atoms with Gasteiger partial charge in [0.1, 0.15) is 4.90 Å². The molecule has 0 aliphatic rings. The highest BCUT2D eigenvalue weighted by Crippen LogP contribution is 2.31. The molecule has 4 rings (SSSR count). The van der Waals surface area contributed by atoms with Crippen LogP contribution in [0.15, 0.2) is 77.2 Å². The van der Waals surface area contributed by atoms with Gasteiger partial charge in [0.05, 0.1) is 40.2 Å². The average Bonchev–Trinajstić information content (AvgIpc) is 3.32. The van der Waals surface area contributed by atoms with Crippen molar-refractivity contribution in [3.63, 3.8) is 0 Å². The van der Waals surface area contributed by atoms with Gasteiger partial charge in [-0.3, -0.25) is 15.1 Å². The standard InChI is InChI=1S/C24H22N8O4S/c1-29(10-7-18-4-3-9-26-15-18)22-6-5-21(32(33)34)13-24(22)37(35,36)30(2)27-16-20-17-28-31-11-8-19(14-25)12-23(20)31/h3-6,8-9,11-13,15-17H,7,10H2,1-2H3/b27-16+. The van der Waals surface area contributed by atoms with E-state index in [1.54, 1.807) is 42.7 Å². The molecule has 3 aromatic heterocycles. The van der Waals surface area contributed by atoms with Crippen LogP contribution in [0.3, 0.4) is 0 Å². The Bertz CT molecular complexity index is 1630. The van der Waals surface area contributed by atoms with Crippen LogP contribution in [0.2, 0.25) is 0 Å². The molecule has 0 N–H and O–H groups in total. The highest BCUT2D eigenvalue weighted by molar-refractivity contribution is 7.89. The summed E-state index contributed by atoms with van der Waals surface area (Å²) in [5.41, 5.74) is 2.39. The second-order valence-electron chi connectivity index (χ2n) is 8.08. The van der Waals surface area contributed by atoms with Crippen LogP contribution in [-0.4, -0.2) is 59.2 Å². The Balaban J connectivity index is 1.65. The maximum absolute atomic E-state index is 13.5. The van der Waals surface area contributed by atoms with Crippen LogP contribution < -0.4 is 4.90 Å². The van der Waals surface area contributed by atoms with Crippen LogP contribution in [0.4, 0.5) is 11.4 Å². The zero-order valence-electron chi connectivity index (χ0n) is 20.0. The first kappa shape index (κ1) is 25.3.